The van der Waals surface area contributed by atoms with Crippen molar-refractivity contribution in [2.75, 3.05) is 5.32 Å². The van der Waals surface area contributed by atoms with Crippen molar-refractivity contribution in [3.8, 4) is 0 Å². The number of anilines is 1. The van der Waals surface area contributed by atoms with Gasteiger partial charge in [-0.1, -0.05) is 41.9 Å². The lowest BCUT2D eigenvalue weighted by Gasteiger charge is -2.18. The summed E-state index contributed by atoms with van der Waals surface area (Å²) in [7, 11) is 0. The highest BCUT2D eigenvalue weighted by molar-refractivity contribution is 6.31. The molecule has 0 radical (unpaired) electrons. The van der Waals surface area contributed by atoms with Gasteiger partial charge >= 0.3 is 0 Å². The van der Waals surface area contributed by atoms with Crippen molar-refractivity contribution in [2.24, 2.45) is 0 Å². The largest absolute Gasteiger partial charge is 0.389 e. The van der Waals surface area contributed by atoms with E-state index in [9.17, 15) is 9.90 Å². The van der Waals surface area contributed by atoms with Crippen molar-refractivity contribution in [2.45, 2.75) is 32.5 Å². The normalized spacial score (nSPS) is 11.4. The Morgan fingerprint density at radius 3 is 2.62 bits per heavy atom. The zero-order valence-corrected chi connectivity index (χ0v) is 12.8. The lowest BCUT2D eigenvalue weighted by Crippen LogP contribution is -2.34. The van der Waals surface area contributed by atoms with E-state index in [2.05, 4.69) is 10.4 Å². The molecule has 21 heavy (non-hydrogen) atoms. The zero-order valence-electron chi connectivity index (χ0n) is 12.0. The van der Waals surface area contributed by atoms with Crippen LogP contribution in [-0.2, 0) is 13.1 Å². The van der Waals surface area contributed by atoms with Crippen LogP contribution < -0.4 is 10.9 Å². The quantitative estimate of drug-likeness (QED) is 0.889. The number of rotatable bonds is 5. The summed E-state index contributed by atoms with van der Waals surface area (Å²) in [6, 6.07) is 11.2. The molecule has 0 bridgehead atoms. The van der Waals surface area contributed by atoms with Crippen LogP contribution >= 0.6 is 11.6 Å². The maximum absolute atomic E-state index is 12.0. The smallest absolute Gasteiger partial charge is 0.269 e. The molecule has 0 saturated heterocycles. The van der Waals surface area contributed by atoms with Gasteiger partial charge in [0.05, 0.1) is 17.8 Å². The maximum atomic E-state index is 12.0. The highest BCUT2D eigenvalue weighted by Crippen LogP contribution is 2.17. The number of benzene rings is 1. The van der Waals surface area contributed by atoms with Crippen molar-refractivity contribution >= 4 is 17.3 Å². The molecule has 2 N–H and O–H groups in total. The second-order valence-electron chi connectivity index (χ2n) is 5.50. The van der Waals surface area contributed by atoms with Gasteiger partial charge in [-0.3, -0.25) is 4.79 Å². The Morgan fingerprint density at radius 1 is 1.33 bits per heavy atom. The molecule has 0 fully saturated rings. The van der Waals surface area contributed by atoms with Crippen LogP contribution in [0.3, 0.4) is 0 Å². The fourth-order valence-electron chi connectivity index (χ4n) is 1.86. The maximum Gasteiger partial charge on any atom is 0.269 e. The number of hydrogen-bond acceptors (Lipinski definition) is 4. The summed E-state index contributed by atoms with van der Waals surface area (Å²) in [4.78, 5) is 12.0. The molecule has 1 aromatic carbocycles. The molecule has 0 atom stereocenters. The lowest BCUT2D eigenvalue weighted by molar-refractivity contribution is 0.0561. The predicted octanol–water partition coefficient (Wildman–Crippen LogP) is 2.28. The summed E-state index contributed by atoms with van der Waals surface area (Å²) < 4.78 is 1.16. The van der Waals surface area contributed by atoms with Crippen LogP contribution in [-0.4, -0.2) is 20.5 Å². The standard InChI is InChI=1S/C15H18ClN3O2/c1-15(2,21)10-19-13(20)8-12(14(16)18-19)17-9-11-6-4-3-5-7-11/h3-8,17,21H,9-10H2,1-2H3. The first-order valence-corrected chi connectivity index (χ1v) is 7.01. The molecule has 2 aromatic rings. The Morgan fingerprint density at radius 2 is 2.00 bits per heavy atom. The molecule has 0 aliphatic heterocycles. The van der Waals surface area contributed by atoms with Crippen LogP contribution in [0, 0.1) is 0 Å². The third-order valence-electron chi connectivity index (χ3n) is 2.82. The monoisotopic (exact) mass is 307 g/mol. The van der Waals surface area contributed by atoms with Crippen molar-refractivity contribution in [1.29, 1.82) is 0 Å². The average molecular weight is 308 g/mol. The Hall–Kier alpha value is -1.85. The Kier molecular flexibility index (Phi) is 4.65. The number of aliphatic hydroxyl groups is 1. The van der Waals surface area contributed by atoms with Gasteiger partial charge in [0.2, 0.25) is 0 Å². The number of halogens is 1. The van der Waals surface area contributed by atoms with Gasteiger partial charge in [-0.25, -0.2) is 4.68 Å². The third-order valence-corrected chi connectivity index (χ3v) is 3.09. The second kappa shape index (κ2) is 6.28. The van der Waals surface area contributed by atoms with Crippen molar-refractivity contribution in [1.82, 2.24) is 9.78 Å². The lowest BCUT2D eigenvalue weighted by atomic mass is 10.1. The van der Waals surface area contributed by atoms with Gasteiger partial charge in [0.1, 0.15) is 0 Å². The van der Waals surface area contributed by atoms with E-state index < -0.39 is 5.60 Å². The Balaban J connectivity index is 2.15. The number of hydrogen-bond donors (Lipinski definition) is 2. The molecule has 5 nitrogen and oxygen atoms in total. The van der Waals surface area contributed by atoms with E-state index in [0.717, 1.165) is 10.2 Å². The first-order valence-electron chi connectivity index (χ1n) is 6.63. The van der Waals surface area contributed by atoms with E-state index in [1.165, 1.54) is 6.07 Å². The summed E-state index contributed by atoms with van der Waals surface area (Å²) in [5, 5.41) is 17.1. The van der Waals surface area contributed by atoms with E-state index in [1.807, 2.05) is 30.3 Å². The third kappa shape index (κ3) is 4.58. The first-order chi connectivity index (χ1) is 9.85. The number of nitrogens with one attached hydrogen (secondary N) is 1. The summed E-state index contributed by atoms with van der Waals surface area (Å²) in [5.41, 5.74) is 0.225. The van der Waals surface area contributed by atoms with Crippen LogP contribution in [0.25, 0.3) is 0 Å². The minimum Gasteiger partial charge on any atom is -0.389 e. The van der Waals surface area contributed by atoms with Crippen LogP contribution in [0.2, 0.25) is 5.15 Å². The summed E-state index contributed by atoms with van der Waals surface area (Å²) in [5.74, 6) is 0. The van der Waals surface area contributed by atoms with Gasteiger partial charge in [-0.15, -0.1) is 0 Å². The second-order valence-corrected chi connectivity index (χ2v) is 5.85. The van der Waals surface area contributed by atoms with Gasteiger partial charge in [-0.2, -0.15) is 5.10 Å². The molecule has 0 saturated carbocycles. The molecule has 0 unspecified atom stereocenters. The first kappa shape index (κ1) is 15.5. The summed E-state index contributed by atoms with van der Waals surface area (Å²) in [6.07, 6.45) is 0. The van der Waals surface area contributed by atoms with E-state index in [-0.39, 0.29) is 17.3 Å². The highest BCUT2D eigenvalue weighted by Gasteiger charge is 2.16. The minimum absolute atomic E-state index is 0.0878. The molecule has 0 aliphatic carbocycles. The van der Waals surface area contributed by atoms with Crippen molar-refractivity contribution < 1.29 is 5.11 Å². The molecule has 1 heterocycles. The predicted molar refractivity (Wildman–Crippen MR) is 83.6 cm³/mol. The van der Waals surface area contributed by atoms with Gasteiger partial charge in [0.15, 0.2) is 5.15 Å². The van der Waals surface area contributed by atoms with Crippen LogP contribution in [0.1, 0.15) is 19.4 Å². The molecular formula is C15H18ClN3O2. The molecule has 6 heteroatoms. The van der Waals surface area contributed by atoms with Crippen molar-refractivity contribution in [3.63, 3.8) is 0 Å². The molecular weight excluding hydrogens is 290 g/mol. The van der Waals surface area contributed by atoms with Gasteiger partial charge in [0, 0.05) is 12.6 Å². The fourth-order valence-corrected chi connectivity index (χ4v) is 2.08. The van der Waals surface area contributed by atoms with Gasteiger partial charge < -0.3 is 10.4 Å². The summed E-state index contributed by atoms with van der Waals surface area (Å²) >= 11 is 6.08. The molecule has 0 aliphatic rings. The van der Waals surface area contributed by atoms with E-state index in [4.69, 9.17) is 11.6 Å². The molecule has 0 spiro atoms. The molecule has 1 aromatic heterocycles. The van der Waals surface area contributed by atoms with Crippen LogP contribution in [0.4, 0.5) is 5.69 Å². The van der Waals surface area contributed by atoms with E-state index >= 15 is 0 Å². The Labute approximate surface area is 128 Å². The highest BCUT2D eigenvalue weighted by atomic mass is 35.5. The average Bonchev–Trinajstić information content (AvgIpc) is 2.40. The zero-order chi connectivity index (χ0) is 15.5. The van der Waals surface area contributed by atoms with Crippen LogP contribution in [0.15, 0.2) is 41.2 Å². The van der Waals surface area contributed by atoms with E-state index in [1.54, 1.807) is 13.8 Å². The molecule has 2 rings (SSSR count). The topological polar surface area (TPSA) is 67.2 Å². The van der Waals surface area contributed by atoms with E-state index in [0.29, 0.717) is 12.2 Å². The molecule has 0 amide bonds. The fraction of sp³-hybridized carbons (Fsp3) is 0.333. The van der Waals surface area contributed by atoms with Crippen LogP contribution in [0.5, 0.6) is 0 Å². The molecule has 112 valence electrons. The number of aromatic nitrogens is 2. The minimum atomic E-state index is -1.03. The van der Waals surface area contributed by atoms with Gasteiger partial charge in [0.25, 0.3) is 5.56 Å². The number of nitrogens with zero attached hydrogens (tertiary/aromatic N) is 2. The van der Waals surface area contributed by atoms with Gasteiger partial charge in [-0.05, 0) is 19.4 Å². The SMILES string of the molecule is CC(C)(O)Cn1nc(Cl)c(NCc2ccccc2)cc1=O. The Bertz CT molecular complexity index is 663. The summed E-state index contributed by atoms with van der Waals surface area (Å²) in [6.45, 7) is 3.86. The van der Waals surface area contributed by atoms with Crippen molar-refractivity contribution in [3.05, 3.63) is 57.5 Å².